The number of benzene rings is 9. The zero-order valence-electron chi connectivity index (χ0n) is 37.3. The maximum absolute atomic E-state index is 5.49. The van der Waals surface area contributed by atoms with Gasteiger partial charge in [0.25, 0.3) is 0 Å². The van der Waals surface area contributed by atoms with Crippen molar-refractivity contribution < 1.29 is 0 Å². The lowest BCUT2D eigenvalue weighted by Crippen LogP contribution is -2.16. The first-order chi connectivity index (χ1) is 31.2. The van der Waals surface area contributed by atoms with Crippen molar-refractivity contribution in [1.29, 1.82) is 0 Å². The molecule has 0 aliphatic rings. The van der Waals surface area contributed by atoms with E-state index in [9.17, 15) is 0 Å². The Morgan fingerprint density at radius 2 is 0.906 bits per heavy atom. The summed E-state index contributed by atoms with van der Waals surface area (Å²) in [5.74, 6) is 1.79. The average Bonchev–Trinajstić information content (AvgIpc) is 3.31. The summed E-state index contributed by atoms with van der Waals surface area (Å²) >= 11 is 0. The zero-order chi connectivity index (χ0) is 43.9. The molecule has 9 aromatic carbocycles. The smallest absolute Gasteiger partial charge is 0.238 e. The molecule has 64 heavy (non-hydrogen) atoms. The molecule has 1 aromatic heterocycles. The van der Waals surface area contributed by atoms with E-state index in [4.69, 9.17) is 15.0 Å². The van der Waals surface area contributed by atoms with Crippen LogP contribution in [0, 0.1) is 41.5 Å². The quantitative estimate of drug-likeness (QED) is 0.136. The first-order valence-electron chi connectivity index (χ1n) is 22.1. The summed E-state index contributed by atoms with van der Waals surface area (Å²) < 4.78 is 0. The van der Waals surface area contributed by atoms with Crippen molar-refractivity contribution in [1.82, 2.24) is 15.0 Å². The highest BCUT2D eigenvalue weighted by Crippen LogP contribution is 2.44. The molecule has 0 atom stereocenters. The third kappa shape index (κ3) is 7.52. The van der Waals surface area contributed by atoms with Crippen LogP contribution in [0.15, 0.2) is 188 Å². The van der Waals surface area contributed by atoms with Gasteiger partial charge in [0.15, 0.2) is 11.6 Å². The van der Waals surface area contributed by atoms with E-state index >= 15 is 0 Å². The molecule has 0 bridgehead atoms. The largest absolute Gasteiger partial charge is 0.278 e. The number of anilines is 3. The second-order valence-corrected chi connectivity index (χ2v) is 17.2. The van der Waals surface area contributed by atoms with Crippen LogP contribution in [0.5, 0.6) is 0 Å². The lowest BCUT2D eigenvalue weighted by Gasteiger charge is -2.28. The molecule has 0 amide bonds. The molecule has 0 spiro atoms. The number of aromatic nitrogens is 3. The minimum Gasteiger partial charge on any atom is -0.278 e. The number of hydrogen-bond donors (Lipinski definition) is 0. The van der Waals surface area contributed by atoms with Crippen molar-refractivity contribution in [3.05, 3.63) is 238 Å². The van der Waals surface area contributed by atoms with E-state index in [1.807, 2.05) is 18.2 Å². The summed E-state index contributed by atoms with van der Waals surface area (Å²) in [6.45, 7) is 13.4. The molecule has 310 valence electrons. The molecular weight excluding hydrogens is 777 g/mol. The Balaban J connectivity index is 1.22. The SMILES string of the molecule is Cc1cc(C)c(C(c2ccc(N(c3nc(-c4ccccc4)nc(-c4cccc5cccc(-c6ccccc6)c45)n3)c3cccc4ccccc34)cc2)c2c(C)cc(C)cc2C)c(C)c1. The first-order valence-corrected chi connectivity index (χ1v) is 22.1. The van der Waals surface area contributed by atoms with Gasteiger partial charge in [-0.1, -0.05) is 181 Å². The van der Waals surface area contributed by atoms with Crippen molar-refractivity contribution in [2.24, 2.45) is 0 Å². The van der Waals surface area contributed by atoms with Crippen LogP contribution < -0.4 is 4.90 Å². The van der Waals surface area contributed by atoms with Gasteiger partial charge in [-0.3, -0.25) is 4.90 Å². The average molecular weight is 827 g/mol. The van der Waals surface area contributed by atoms with E-state index in [0.29, 0.717) is 17.6 Å². The Kier molecular flexibility index (Phi) is 10.7. The number of hydrogen-bond acceptors (Lipinski definition) is 4. The fraction of sp³-hybridized carbons (Fsp3) is 0.117. The predicted octanol–water partition coefficient (Wildman–Crippen LogP) is 15.7. The minimum atomic E-state index is 0.0416. The molecule has 0 N–H and O–H groups in total. The fourth-order valence-corrected chi connectivity index (χ4v) is 10.0. The van der Waals surface area contributed by atoms with E-state index < -0.39 is 0 Å². The highest BCUT2D eigenvalue weighted by molar-refractivity contribution is 6.06. The molecule has 0 radical (unpaired) electrons. The molecule has 4 nitrogen and oxygen atoms in total. The van der Waals surface area contributed by atoms with Crippen LogP contribution in [-0.4, -0.2) is 15.0 Å². The van der Waals surface area contributed by atoms with E-state index in [1.54, 1.807) is 0 Å². The van der Waals surface area contributed by atoms with Gasteiger partial charge in [-0.25, -0.2) is 4.98 Å². The van der Waals surface area contributed by atoms with Crippen LogP contribution in [0.4, 0.5) is 17.3 Å². The van der Waals surface area contributed by atoms with E-state index in [1.165, 1.54) is 50.1 Å². The zero-order valence-corrected chi connectivity index (χ0v) is 37.3. The third-order valence-corrected chi connectivity index (χ3v) is 12.6. The van der Waals surface area contributed by atoms with Crippen LogP contribution >= 0.6 is 0 Å². The van der Waals surface area contributed by atoms with Crippen molar-refractivity contribution in [2.45, 2.75) is 47.5 Å². The standard InChI is InChI=1S/C60H50N4/c1-38-34-40(3)54(41(4)35-38)57(55-42(5)36-39(2)37-43(55)6)47-30-32-49(33-31-47)64(53-29-17-23-44-20-13-14-26-50(44)53)60-62-58(48-21-11-8-12-22-48)61-59(63-60)52-28-16-25-46-24-15-27-51(56(46)52)45-18-9-7-10-19-45/h7-37,57H,1-6H3. The fourth-order valence-electron chi connectivity index (χ4n) is 10.0. The highest BCUT2D eigenvalue weighted by Gasteiger charge is 2.27. The maximum Gasteiger partial charge on any atom is 0.238 e. The Hall–Kier alpha value is -7.69. The number of aryl methyl sites for hydroxylation is 6. The number of fused-ring (bicyclic) bond motifs is 2. The van der Waals surface area contributed by atoms with E-state index in [-0.39, 0.29) is 5.92 Å². The van der Waals surface area contributed by atoms with Crippen LogP contribution in [0.25, 0.3) is 55.4 Å². The van der Waals surface area contributed by atoms with E-state index in [0.717, 1.165) is 55.2 Å². The van der Waals surface area contributed by atoms with Gasteiger partial charge in [0.05, 0.1) is 5.69 Å². The van der Waals surface area contributed by atoms with Gasteiger partial charge < -0.3 is 0 Å². The molecule has 1 heterocycles. The highest BCUT2D eigenvalue weighted by atomic mass is 15.3. The minimum absolute atomic E-state index is 0.0416. The lowest BCUT2D eigenvalue weighted by molar-refractivity contribution is 0.919. The topological polar surface area (TPSA) is 41.9 Å². The Bertz CT molecular complexity index is 3220. The number of rotatable bonds is 9. The summed E-state index contributed by atoms with van der Waals surface area (Å²) in [6.07, 6.45) is 0. The molecular formula is C60H50N4. The van der Waals surface area contributed by atoms with Crippen LogP contribution in [0.1, 0.15) is 56.0 Å². The lowest BCUT2D eigenvalue weighted by atomic mass is 9.77. The van der Waals surface area contributed by atoms with Crippen LogP contribution in [-0.2, 0) is 0 Å². The molecule has 0 fully saturated rings. The summed E-state index contributed by atoms with van der Waals surface area (Å²) in [4.78, 5) is 18.4. The number of nitrogens with zero attached hydrogens (tertiary/aromatic N) is 4. The summed E-state index contributed by atoms with van der Waals surface area (Å²) in [7, 11) is 0. The van der Waals surface area contributed by atoms with Crippen molar-refractivity contribution in [3.8, 4) is 33.9 Å². The maximum atomic E-state index is 5.49. The van der Waals surface area contributed by atoms with Crippen molar-refractivity contribution >= 4 is 38.9 Å². The molecule has 0 unspecified atom stereocenters. The third-order valence-electron chi connectivity index (χ3n) is 12.6. The summed E-state index contributed by atoms with van der Waals surface area (Å²) in [5.41, 5.74) is 17.8. The van der Waals surface area contributed by atoms with Gasteiger partial charge in [0.1, 0.15) is 0 Å². The Labute approximate surface area is 376 Å². The van der Waals surface area contributed by atoms with Crippen molar-refractivity contribution in [2.75, 3.05) is 4.90 Å². The molecule has 10 aromatic rings. The van der Waals surface area contributed by atoms with Crippen LogP contribution in [0.3, 0.4) is 0 Å². The van der Waals surface area contributed by atoms with Gasteiger partial charge in [-0.2, -0.15) is 9.97 Å². The summed E-state index contributed by atoms with van der Waals surface area (Å²) in [6, 6.07) is 67.2. The Morgan fingerprint density at radius 1 is 0.406 bits per heavy atom. The van der Waals surface area contributed by atoms with Crippen molar-refractivity contribution in [3.63, 3.8) is 0 Å². The second-order valence-electron chi connectivity index (χ2n) is 17.2. The Morgan fingerprint density at radius 3 is 1.53 bits per heavy atom. The molecule has 0 aliphatic heterocycles. The molecule has 0 saturated heterocycles. The monoisotopic (exact) mass is 826 g/mol. The summed E-state index contributed by atoms with van der Waals surface area (Å²) in [5, 5.41) is 4.46. The van der Waals surface area contributed by atoms with Gasteiger partial charge in [-0.05, 0) is 121 Å². The van der Waals surface area contributed by atoms with Gasteiger partial charge in [0.2, 0.25) is 5.95 Å². The predicted molar refractivity (Wildman–Crippen MR) is 268 cm³/mol. The van der Waals surface area contributed by atoms with Crippen LogP contribution in [0.2, 0.25) is 0 Å². The molecule has 10 rings (SSSR count). The van der Waals surface area contributed by atoms with Gasteiger partial charge in [-0.15, -0.1) is 0 Å². The van der Waals surface area contributed by atoms with Gasteiger partial charge >= 0.3 is 0 Å². The molecule has 0 saturated carbocycles. The van der Waals surface area contributed by atoms with E-state index in [2.05, 4.69) is 216 Å². The first kappa shape index (κ1) is 40.4. The molecule has 0 aliphatic carbocycles. The second kappa shape index (κ2) is 16.9. The molecule has 4 heteroatoms. The van der Waals surface area contributed by atoms with Gasteiger partial charge in [0, 0.05) is 33.5 Å². The normalized spacial score (nSPS) is 11.4.